The van der Waals surface area contributed by atoms with Gasteiger partial charge in [0.1, 0.15) is 0 Å². The summed E-state index contributed by atoms with van der Waals surface area (Å²) in [5.74, 6) is 0.828. The SMILES string of the molecule is COC(=O)[C@H]1C[C@]23C=CN[C@H]4CC[C@]5(c6ccccc6N[C@@]15[C@H]2C)[C@H]43. The number of ether oxygens (including phenoxy) is 1. The summed E-state index contributed by atoms with van der Waals surface area (Å²) in [7, 11) is 1.54. The van der Waals surface area contributed by atoms with Gasteiger partial charge in [-0.25, -0.2) is 0 Å². The molecular formula is C21H24N2O2. The Labute approximate surface area is 148 Å². The molecule has 0 amide bonds. The van der Waals surface area contributed by atoms with E-state index in [9.17, 15) is 4.79 Å². The highest BCUT2D eigenvalue weighted by Crippen LogP contribution is 2.81. The number of methoxy groups -OCH3 is 1. The van der Waals surface area contributed by atoms with E-state index in [2.05, 4.69) is 54.1 Å². The van der Waals surface area contributed by atoms with Crippen LogP contribution in [-0.4, -0.2) is 24.7 Å². The maximum atomic E-state index is 12.9. The minimum Gasteiger partial charge on any atom is -0.469 e. The monoisotopic (exact) mass is 336 g/mol. The van der Waals surface area contributed by atoms with E-state index in [0.717, 1.165) is 12.8 Å². The summed E-state index contributed by atoms with van der Waals surface area (Å²) < 4.78 is 5.30. The van der Waals surface area contributed by atoms with Crippen LogP contribution in [0.5, 0.6) is 0 Å². The van der Waals surface area contributed by atoms with Crippen molar-refractivity contribution in [1.29, 1.82) is 0 Å². The number of nitrogens with one attached hydrogen (secondary N) is 2. The molecule has 0 unspecified atom stereocenters. The second kappa shape index (κ2) is 4.05. The molecule has 3 aliphatic carbocycles. The molecule has 2 heterocycles. The fraction of sp³-hybridized carbons (Fsp3) is 0.571. The van der Waals surface area contributed by atoms with Crippen LogP contribution in [0, 0.1) is 23.2 Å². The Morgan fingerprint density at radius 3 is 3.00 bits per heavy atom. The summed E-state index contributed by atoms with van der Waals surface area (Å²) >= 11 is 0. The summed E-state index contributed by atoms with van der Waals surface area (Å²) in [5, 5.41) is 7.57. The van der Waals surface area contributed by atoms with Gasteiger partial charge in [0.25, 0.3) is 0 Å². The van der Waals surface area contributed by atoms with Crippen molar-refractivity contribution >= 4 is 11.7 Å². The Morgan fingerprint density at radius 1 is 1.32 bits per heavy atom. The molecule has 7 atom stereocenters. The fourth-order valence-electron chi connectivity index (χ4n) is 8.13. The van der Waals surface area contributed by atoms with Crippen molar-refractivity contribution in [3.05, 3.63) is 42.1 Å². The lowest BCUT2D eigenvalue weighted by molar-refractivity contribution is -0.149. The molecule has 3 fully saturated rings. The highest BCUT2D eigenvalue weighted by molar-refractivity contribution is 5.82. The van der Waals surface area contributed by atoms with E-state index in [-0.39, 0.29) is 28.3 Å². The molecule has 3 saturated carbocycles. The van der Waals surface area contributed by atoms with Gasteiger partial charge in [-0.3, -0.25) is 4.79 Å². The molecule has 1 aromatic carbocycles. The smallest absolute Gasteiger partial charge is 0.311 e. The van der Waals surface area contributed by atoms with Gasteiger partial charge in [-0.2, -0.15) is 0 Å². The Morgan fingerprint density at radius 2 is 2.16 bits per heavy atom. The first kappa shape index (κ1) is 14.2. The highest BCUT2D eigenvalue weighted by Gasteiger charge is 2.85. The quantitative estimate of drug-likeness (QED) is 0.775. The molecular weight excluding hydrogens is 312 g/mol. The first-order valence-corrected chi connectivity index (χ1v) is 9.51. The molecule has 6 rings (SSSR count). The van der Waals surface area contributed by atoms with Crippen LogP contribution >= 0.6 is 0 Å². The number of anilines is 1. The van der Waals surface area contributed by atoms with E-state index < -0.39 is 0 Å². The van der Waals surface area contributed by atoms with Gasteiger partial charge in [-0.1, -0.05) is 31.2 Å². The standard InChI is InChI=1S/C21H24N2O2/c1-12-19-9-10-22-16-7-8-20(17(16)19)13-5-3-4-6-15(13)23-21(12,20)14(11-19)18(24)25-2/h3-6,9-10,12,14,16-17,22-23H,7-8,11H2,1-2H3/t12-,14+,16-,17+,19+,20-,21-/m0/s1. The van der Waals surface area contributed by atoms with Crippen LogP contribution in [0.3, 0.4) is 0 Å². The zero-order valence-corrected chi connectivity index (χ0v) is 14.7. The van der Waals surface area contributed by atoms with Crippen LogP contribution in [-0.2, 0) is 14.9 Å². The van der Waals surface area contributed by atoms with E-state index in [1.54, 1.807) is 0 Å². The second-order valence-corrected chi connectivity index (χ2v) is 8.75. The number of esters is 1. The van der Waals surface area contributed by atoms with Crippen molar-refractivity contribution in [1.82, 2.24) is 5.32 Å². The summed E-state index contributed by atoms with van der Waals surface area (Å²) in [5.41, 5.74) is 2.56. The van der Waals surface area contributed by atoms with E-state index in [4.69, 9.17) is 4.74 Å². The Balaban J connectivity index is 1.69. The Bertz CT molecular complexity index is 835. The third-order valence-corrected chi connectivity index (χ3v) is 8.64. The Kier molecular flexibility index (Phi) is 2.31. The first-order valence-electron chi connectivity index (χ1n) is 9.51. The molecule has 3 spiro atoms. The van der Waals surface area contributed by atoms with Crippen LogP contribution < -0.4 is 10.6 Å². The van der Waals surface area contributed by atoms with Crippen LogP contribution in [0.25, 0.3) is 0 Å². The van der Waals surface area contributed by atoms with Crippen molar-refractivity contribution in [2.45, 2.75) is 43.2 Å². The van der Waals surface area contributed by atoms with Crippen molar-refractivity contribution in [2.75, 3.05) is 12.4 Å². The number of benzene rings is 1. The van der Waals surface area contributed by atoms with Gasteiger partial charge in [0.15, 0.2) is 0 Å². The molecule has 130 valence electrons. The minimum atomic E-state index is -0.223. The molecule has 0 radical (unpaired) electrons. The zero-order valence-electron chi connectivity index (χ0n) is 14.7. The highest BCUT2D eigenvalue weighted by atomic mass is 16.5. The van der Waals surface area contributed by atoms with Gasteiger partial charge in [0.2, 0.25) is 0 Å². The molecule has 5 aliphatic rings. The van der Waals surface area contributed by atoms with Gasteiger partial charge >= 0.3 is 5.97 Å². The van der Waals surface area contributed by atoms with Gasteiger partial charge in [-0.15, -0.1) is 0 Å². The molecule has 2 aliphatic heterocycles. The van der Waals surface area contributed by atoms with Gasteiger partial charge in [0.05, 0.1) is 18.6 Å². The number of para-hydroxylation sites is 1. The van der Waals surface area contributed by atoms with E-state index in [0.29, 0.717) is 17.9 Å². The molecule has 25 heavy (non-hydrogen) atoms. The largest absolute Gasteiger partial charge is 0.469 e. The molecule has 2 N–H and O–H groups in total. The van der Waals surface area contributed by atoms with E-state index in [1.165, 1.54) is 24.8 Å². The maximum absolute atomic E-state index is 12.9. The summed E-state index contributed by atoms with van der Waals surface area (Å²) in [6.07, 6.45) is 7.77. The molecule has 0 saturated heterocycles. The second-order valence-electron chi connectivity index (χ2n) is 8.75. The molecule has 4 nitrogen and oxygen atoms in total. The Hall–Kier alpha value is -1.97. The normalized spacial score (nSPS) is 49.8. The fourth-order valence-corrected chi connectivity index (χ4v) is 8.13. The van der Waals surface area contributed by atoms with E-state index in [1.807, 2.05) is 0 Å². The predicted octanol–water partition coefficient (Wildman–Crippen LogP) is 2.81. The third-order valence-electron chi connectivity index (χ3n) is 8.64. The third kappa shape index (κ3) is 1.17. The topological polar surface area (TPSA) is 50.4 Å². The van der Waals surface area contributed by atoms with E-state index >= 15 is 0 Å². The van der Waals surface area contributed by atoms with Crippen LogP contribution in [0.15, 0.2) is 36.5 Å². The summed E-state index contributed by atoms with van der Waals surface area (Å²) in [4.78, 5) is 12.9. The number of rotatable bonds is 1. The van der Waals surface area contributed by atoms with Gasteiger partial charge in [-0.05, 0) is 43.0 Å². The molecule has 2 bridgehead atoms. The van der Waals surface area contributed by atoms with Crippen LogP contribution in [0.2, 0.25) is 0 Å². The van der Waals surface area contributed by atoms with Crippen molar-refractivity contribution < 1.29 is 9.53 Å². The molecule has 1 aromatic rings. The number of fused-ring (bicyclic) bond motifs is 1. The zero-order chi connectivity index (χ0) is 17.0. The number of allylic oxidation sites excluding steroid dienone is 1. The number of carbonyl (C=O) groups is 1. The molecule has 0 aromatic heterocycles. The van der Waals surface area contributed by atoms with Crippen molar-refractivity contribution in [3.8, 4) is 0 Å². The predicted molar refractivity (Wildman–Crippen MR) is 95.0 cm³/mol. The summed E-state index contributed by atoms with van der Waals surface area (Å²) in [6.45, 7) is 2.37. The molecule has 4 heteroatoms. The number of hydrogen-bond acceptors (Lipinski definition) is 4. The van der Waals surface area contributed by atoms with Crippen molar-refractivity contribution in [2.24, 2.45) is 23.2 Å². The average molecular weight is 336 g/mol. The van der Waals surface area contributed by atoms with Crippen LogP contribution in [0.1, 0.15) is 31.7 Å². The van der Waals surface area contributed by atoms with Gasteiger partial charge < -0.3 is 15.4 Å². The lowest BCUT2D eigenvalue weighted by atomic mass is 9.55. The van der Waals surface area contributed by atoms with Crippen LogP contribution in [0.4, 0.5) is 5.69 Å². The average Bonchev–Trinajstić information content (AvgIpc) is 3.29. The number of hydrogen-bond donors (Lipinski definition) is 2. The van der Waals surface area contributed by atoms with Crippen molar-refractivity contribution in [3.63, 3.8) is 0 Å². The maximum Gasteiger partial charge on any atom is 0.311 e. The number of carbonyl (C=O) groups excluding carboxylic acids is 1. The van der Waals surface area contributed by atoms with Gasteiger partial charge in [0, 0.05) is 28.5 Å². The lowest BCUT2D eigenvalue weighted by Gasteiger charge is -2.50. The summed E-state index contributed by atoms with van der Waals surface area (Å²) in [6, 6.07) is 9.27. The minimum absolute atomic E-state index is 0.0303. The lowest BCUT2D eigenvalue weighted by Crippen LogP contribution is -2.61. The first-order chi connectivity index (χ1) is 12.1.